The van der Waals surface area contributed by atoms with Crippen molar-refractivity contribution in [2.75, 3.05) is 16.2 Å². The zero-order valence-corrected chi connectivity index (χ0v) is 18.3. The number of amides is 2. The van der Waals surface area contributed by atoms with E-state index < -0.39 is 28.4 Å². The van der Waals surface area contributed by atoms with Gasteiger partial charge in [-0.3, -0.25) is 13.9 Å². The molecule has 0 aromatic heterocycles. The number of hydrogen-bond donors (Lipinski definition) is 2. The summed E-state index contributed by atoms with van der Waals surface area (Å²) in [7, 11) is -4.10. The van der Waals surface area contributed by atoms with E-state index in [9.17, 15) is 18.0 Å². The molecule has 7 nitrogen and oxygen atoms in total. The van der Waals surface area contributed by atoms with Gasteiger partial charge in [-0.15, -0.1) is 0 Å². The molecule has 3 N–H and O–H groups in total. The van der Waals surface area contributed by atoms with Crippen LogP contribution in [0.15, 0.2) is 77.7 Å². The van der Waals surface area contributed by atoms with Gasteiger partial charge in [0.05, 0.1) is 10.6 Å². The van der Waals surface area contributed by atoms with Crippen molar-refractivity contribution in [1.29, 1.82) is 0 Å². The van der Waals surface area contributed by atoms with Crippen molar-refractivity contribution in [3.8, 4) is 0 Å². The van der Waals surface area contributed by atoms with E-state index in [1.54, 1.807) is 18.2 Å². The molecule has 31 heavy (non-hydrogen) atoms. The molecule has 3 aromatic rings. The third-order valence-corrected chi connectivity index (χ3v) is 6.43. The number of sulfonamides is 1. The van der Waals surface area contributed by atoms with Gasteiger partial charge in [-0.1, -0.05) is 41.4 Å². The molecular formula is C21H17Cl2N3O4S. The van der Waals surface area contributed by atoms with Gasteiger partial charge in [0.2, 0.25) is 11.8 Å². The van der Waals surface area contributed by atoms with Crippen molar-refractivity contribution in [3.63, 3.8) is 0 Å². The molecule has 0 spiro atoms. The van der Waals surface area contributed by atoms with E-state index in [-0.39, 0.29) is 26.2 Å². The van der Waals surface area contributed by atoms with Crippen LogP contribution >= 0.6 is 23.2 Å². The number of nitrogens with two attached hydrogens (primary N) is 1. The van der Waals surface area contributed by atoms with Gasteiger partial charge in [0.1, 0.15) is 6.54 Å². The van der Waals surface area contributed by atoms with E-state index in [4.69, 9.17) is 28.9 Å². The fourth-order valence-electron chi connectivity index (χ4n) is 2.77. The lowest BCUT2D eigenvalue weighted by Crippen LogP contribution is -2.38. The Balaban J connectivity index is 1.93. The molecule has 0 fully saturated rings. The topological polar surface area (TPSA) is 110 Å². The molecule has 0 heterocycles. The lowest BCUT2D eigenvalue weighted by molar-refractivity contribution is -0.114. The maximum Gasteiger partial charge on any atom is 0.264 e. The Hall–Kier alpha value is -3.07. The maximum absolute atomic E-state index is 13.3. The predicted octanol–water partition coefficient (Wildman–Crippen LogP) is 3.93. The molecule has 0 unspecified atom stereocenters. The molecule has 10 heteroatoms. The van der Waals surface area contributed by atoms with E-state index in [0.717, 1.165) is 4.31 Å². The minimum Gasteiger partial charge on any atom is -0.366 e. The fourth-order valence-corrected chi connectivity index (χ4v) is 4.71. The molecule has 160 valence electrons. The minimum absolute atomic E-state index is 0.00436. The van der Waals surface area contributed by atoms with E-state index in [0.29, 0.717) is 5.69 Å². The number of rotatable bonds is 7. The Labute approximate surface area is 189 Å². The molecule has 3 aromatic carbocycles. The van der Waals surface area contributed by atoms with Crippen LogP contribution in [0.1, 0.15) is 10.4 Å². The van der Waals surface area contributed by atoms with Crippen molar-refractivity contribution >= 4 is 56.4 Å². The normalized spacial score (nSPS) is 11.0. The third-order valence-electron chi connectivity index (χ3n) is 4.21. The molecule has 0 radical (unpaired) electrons. The number of carbonyl (C=O) groups is 2. The zero-order valence-electron chi connectivity index (χ0n) is 16.0. The molecule has 0 atom stereocenters. The van der Waals surface area contributed by atoms with Crippen LogP contribution in [0.5, 0.6) is 0 Å². The second-order valence-electron chi connectivity index (χ2n) is 6.44. The van der Waals surface area contributed by atoms with E-state index in [1.165, 1.54) is 54.6 Å². The number of halogens is 2. The van der Waals surface area contributed by atoms with Gasteiger partial charge in [0.15, 0.2) is 0 Å². The molecule has 0 bridgehead atoms. The largest absolute Gasteiger partial charge is 0.366 e. The highest BCUT2D eigenvalue weighted by atomic mass is 35.5. The van der Waals surface area contributed by atoms with Crippen molar-refractivity contribution in [1.82, 2.24) is 0 Å². The summed E-state index contributed by atoms with van der Waals surface area (Å²) in [5.74, 6) is -1.21. The molecule has 2 amide bonds. The second kappa shape index (κ2) is 9.38. The average molecular weight is 478 g/mol. The quantitative estimate of drug-likeness (QED) is 0.536. The van der Waals surface area contributed by atoms with Crippen LogP contribution in [0.2, 0.25) is 10.0 Å². The number of nitrogens with one attached hydrogen (secondary N) is 1. The lowest BCUT2D eigenvalue weighted by Gasteiger charge is -2.24. The lowest BCUT2D eigenvalue weighted by atomic mass is 10.2. The van der Waals surface area contributed by atoms with Crippen LogP contribution in [-0.2, 0) is 14.8 Å². The van der Waals surface area contributed by atoms with Crippen LogP contribution in [-0.4, -0.2) is 26.8 Å². The van der Waals surface area contributed by atoms with Crippen LogP contribution in [0.25, 0.3) is 0 Å². The summed E-state index contributed by atoms with van der Waals surface area (Å²) in [6.07, 6.45) is 0. The smallest absolute Gasteiger partial charge is 0.264 e. The molecule has 3 rings (SSSR count). The van der Waals surface area contributed by atoms with Crippen LogP contribution < -0.4 is 15.4 Å². The van der Waals surface area contributed by atoms with Crippen LogP contribution in [0.3, 0.4) is 0 Å². The fraction of sp³-hybridized carbons (Fsp3) is 0.0476. The van der Waals surface area contributed by atoms with Gasteiger partial charge >= 0.3 is 0 Å². The van der Waals surface area contributed by atoms with E-state index in [2.05, 4.69) is 5.32 Å². The average Bonchev–Trinajstić information content (AvgIpc) is 2.72. The number of anilines is 2. The summed E-state index contributed by atoms with van der Waals surface area (Å²) in [6, 6.07) is 17.8. The highest BCUT2D eigenvalue weighted by molar-refractivity contribution is 7.92. The summed E-state index contributed by atoms with van der Waals surface area (Å²) in [5.41, 5.74) is 5.99. The monoisotopic (exact) mass is 477 g/mol. The van der Waals surface area contributed by atoms with Crippen LogP contribution in [0.4, 0.5) is 11.4 Å². The van der Waals surface area contributed by atoms with Gasteiger partial charge in [-0.2, -0.15) is 0 Å². The highest BCUT2D eigenvalue weighted by Gasteiger charge is 2.27. The van der Waals surface area contributed by atoms with Crippen molar-refractivity contribution in [3.05, 3.63) is 88.4 Å². The Morgan fingerprint density at radius 3 is 2.03 bits per heavy atom. The number of primary amides is 1. The Morgan fingerprint density at radius 2 is 1.48 bits per heavy atom. The van der Waals surface area contributed by atoms with Gasteiger partial charge in [-0.05, 0) is 54.6 Å². The van der Waals surface area contributed by atoms with E-state index in [1.807, 2.05) is 0 Å². The first kappa shape index (κ1) is 22.6. The third kappa shape index (κ3) is 5.55. The highest BCUT2D eigenvalue weighted by Crippen LogP contribution is 2.29. The predicted molar refractivity (Wildman–Crippen MR) is 121 cm³/mol. The summed E-state index contributed by atoms with van der Waals surface area (Å²) in [5, 5.41) is 3.04. The van der Waals surface area contributed by atoms with Gasteiger partial charge < -0.3 is 11.1 Å². The number of hydrogen-bond acceptors (Lipinski definition) is 4. The first-order valence-electron chi connectivity index (χ1n) is 8.90. The Kier molecular flexibility index (Phi) is 6.84. The van der Waals surface area contributed by atoms with Crippen molar-refractivity contribution < 1.29 is 18.0 Å². The van der Waals surface area contributed by atoms with Crippen LogP contribution in [0, 0.1) is 0 Å². The number of carbonyl (C=O) groups excluding carboxylic acids is 2. The molecular weight excluding hydrogens is 461 g/mol. The molecule has 0 aliphatic carbocycles. The molecule has 0 saturated carbocycles. The molecule has 0 aliphatic heterocycles. The second-order valence-corrected chi connectivity index (χ2v) is 9.18. The van der Waals surface area contributed by atoms with E-state index >= 15 is 0 Å². The maximum atomic E-state index is 13.3. The molecule has 0 saturated heterocycles. The zero-order chi connectivity index (χ0) is 22.6. The Bertz CT molecular complexity index is 1200. The summed E-state index contributed by atoms with van der Waals surface area (Å²) >= 11 is 12.1. The SMILES string of the molecule is NC(=O)c1ccc(NC(=O)CN(c2cc(Cl)cc(Cl)c2)S(=O)(=O)c2ccccc2)cc1. The first-order chi connectivity index (χ1) is 14.7. The summed E-state index contributed by atoms with van der Waals surface area (Å²) in [6.45, 7) is -0.536. The number of benzene rings is 3. The first-order valence-corrected chi connectivity index (χ1v) is 11.1. The summed E-state index contributed by atoms with van der Waals surface area (Å²) < 4.78 is 27.5. The standard InChI is InChI=1S/C21H17Cl2N3O4S/c22-15-10-16(23)12-18(11-15)26(31(29,30)19-4-2-1-3-5-19)13-20(27)25-17-8-6-14(7-9-17)21(24)28/h1-12H,13H2,(H2,24,28)(H,25,27). The Morgan fingerprint density at radius 1 is 0.903 bits per heavy atom. The van der Waals surface area contributed by atoms with Crippen molar-refractivity contribution in [2.24, 2.45) is 5.73 Å². The minimum atomic E-state index is -4.10. The summed E-state index contributed by atoms with van der Waals surface area (Å²) in [4.78, 5) is 23.9. The van der Waals surface area contributed by atoms with Gasteiger partial charge in [0.25, 0.3) is 10.0 Å². The molecule has 0 aliphatic rings. The number of nitrogens with zero attached hydrogens (tertiary/aromatic N) is 1. The van der Waals surface area contributed by atoms with Crippen molar-refractivity contribution in [2.45, 2.75) is 4.90 Å². The van der Waals surface area contributed by atoms with Gasteiger partial charge in [-0.25, -0.2) is 8.42 Å². The van der Waals surface area contributed by atoms with Gasteiger partial charge in [0, 0.05) is 21.3 Å².